The van der Waals surface area contributed by atoms with Crippen molar-refractivity contribution < 1.29 is 12.6 Å². The maximum atomic E-state index is 10.5. The van der Waals surface area contributed by atoms with Gasteiger partial charge in [-0.25, -0.2) is 4.18 Å². The lowest BCUT2D eigenvalue weighted by molar-refractivity contribution is 0.0900. The van der Waals surface area contributed by atoms with Crippen molar-refractivity contribution in [1.82, 2.24) is 5.32 Å². The first-order valence-corrected chi connectivity index (χ1v) is 4.68. The highest BCUT2D eigenvalue weighted by atomic mass is 32.2. The van der Waals surface area contributed by atoms with Crippen LogP contribution in [0.5, 0.6) is 0 Å². The highest BCUT2D eigenvalue weighted by Crippen LogP contribution is 2.06. The summed E-state index contributed by atoms with van der Waals surface area (Å²) in [6.45, 7) is 3.27. The number of nitrogens with one attached hydrogen (secondary N) is 1. The van der Waals surface area contributed by atoms with E-state index in [4.69, 9.17) is 0 Å². The lowest BCUT2D eigenvalue weighted by atomic mass is 10.3. The summed E-state index contributed by atoms with van der Waals surface area (Å²) in [4.78, 5) is 0. The summed E-state index contributed by atoms with van der Waals surface area (Å²) in [5, 5.41) is 2.70. The van der Waals surface area contributed by atoms with Gasteiger partial charge in [0.2, 0.25) is 0 Å². The Kier molecular flexibility index (Phi) is 2.82. The van der Waals surface area contributed by atoms with E-state index in [1.165, 1.54) is 0 Å². The first-order valence-electron chi connectivity index (χ1n) is 2.86. The van der Waals surface area contributed by atoms with Crippen LogP contribution in [0.2, 0.25) is 0 Å². The van der Waals surface area contributed by atoms with E-state index in [9.17, 15) is 8.42 Å². The minimum absolute atomic E-state index is 0.812. The Bertz CT molecular complexity index is 195. The molecule has 0 aliphatic rings. The van der Waals surface area contributed by atoms with E-state index in [0.717, 1.165) is 6.26 Å². The van der Waals surface area contributed by atoms with Crippen molar-refractivity contribution >= 4 is 10.1 Å². The third kappa shape index (κ3) is 4.72. The minimum atomic E-state index is -3.36. The van der Waals surface area contributed by atoms with Crippen LogP contribution in [0.3, 0.4) is 0 Å². The van der Waals surface area contributed by atoms with Crippen LogP contribution in [-0.4, -0.2) is 27.4 Å². The van der Waals surface area contributed by atoms with Crippen molar-refractivity contribution in [2.75, 3.05) is 13.3 Å². The summed E-state index contributed by atoms with van der Waals surface area (Å²) < 4.78 is 25.7. The lowest BCUT2D eigenvalue weighted by Gasteiger charge is -2.21. The summed E-state index contributed by atoms with van der Waals surface area (Å²) in [7, 11) is -1.73. The molecule has 0 radical (unpaired) electrons. The van der Waals surface area contributed by atoms with Gasteiger partial charge in [0.25, 0.3) is 10.1 Å². The van der Waals surface area contributed by atoms with Crippen LogP contribution < -0.4 is 5.32 Å². The average Bonchev–Trinajstić information content (AvgIpc) is 1.60. The third-order valence-electron chi connectivity index (χ3n) is 0.962. The van der Waals surface area contributed by atoms with Gasteiger partial charge < -0.3 is 0 Å². The SMILES string of the molecule is CNC(C)(C)OS(C)(=O)=O. The number of rotatable bonds is 3. The molecule has 0 saturated carbocycles. The van der Waals surface area contributed by atoms with Gasteiger partial charge in [0.15, 0.2) is 0 Å². The molecule has 0 unspecified atom stereocenters. The normalized spacial score (nSPS) is 13.6. The van der Waals surface area contributed by atoms with Gasteiger partial charge in [-0.2, -0.15) is 8.42 Å². The molecular weight excluding hydrogens is 154 g/mol. The summed E-state index contributed by atoms with van der Waals surface area (Å²) in [6.07, 6.45) is 1.02. The van der Waals surface area contributed by atoms with Crippen molar-refractivity contribution in [3.8, 4) is 0 Å². The fourth-order valence-corrected chi connectivity index (χ4v) is 1.26. The van der Waals surface area contributed by atoms with E-state index in [0.29, 0.717) is 0 Å². The van der Waals surface area contributed by atoms with Crippen LogP contribution in [-0.2, 0) is 14.3 Å². The van der Waals surface area contributed by atoms with Crippen LogP contribution in [0.1, 0.15) is 13.8 Å². The fraction of sp³-hybridized carbons (Fsp3) is 1.00. The Labute approximate surface area is 61.7 Å². The summed E-state index contributed by atoms with van der Waals surface area (Å²) >= 11 is 0. The number of hydrogen-bond acceptors (Lipinski definition) is 4. The zero-order valence-electron chi connectivity index (χ0n) is 6.63. The van der Waals surface area contributed by atoms with Crippen LogP contribution in [0, 0.1) is 0 Å². The molecule has 0 atom stereocenters. The van der Waals surface area contributed by atoms with E-state index in [2.05, 4.69) is 9.50 Å². The van der Waals surface area contributed by atoms with Crippen LogP contribution in [0.25, 0.3) is 0 Å². The molecule has 0 bridgehead atoms. The second kappa shape index (κ2) is 2.86. The fourth-order valence-electron chi connectivity index (χ4n) is 0.420. The van der Waals surface area contributed by atoms with Gasteiger partial charge in [-0.15, -0.1) is 0 Å². The Hall–Kier alpha value is -0.130. The summed E-state index contributed by atoms with van der Waals surface area (Å²) in [5.41, 5.74) is -0.812. The van der Waals surface area contributed by atoms with Gasteiger partial charge in [-0.05, 0) is 20.9 Å². The molecule has 0 spiro atoms. The molecule has 0 saturated heterocycles. The molecule has 5 heteroatoms. The zero-order valence-corrected chi connectivity index (χ0v) is 7.45. The molecule has 0 aromatic rings. The molecular formula is C5H13NO3S. The topological polar surface area (TPSA) is 55.4 Å². The van der Waals surface area contributed by atoms with Gasteiger partial charge in [0, 0.05) is 0 Å². The highest BCUT2D eigenvalue weighted by Gasteiger charge is 2.20. The molecule has 0 amide bonds. The van der Waals surface area contributed by atoms with E-state index in [1.54, 1.807) is 20.9 Å². The molecule has 0 aliphatic carbocycles. The molecule has 1 N–H and O–H groups in total. The Morgan fingerprint density at radius 2 is 1.80 bits per heavy atom. The van der Waals surface area contributed by atoms with Crippen LogP contribution in [0.15, 0.2) is 0 Å². The lowest BCUT2D eigenvalue weighted by Crippen LogP contribution is -2.40. The van der Waals surface area contributed by atoms with Gasteiger partial charge in [0.05, 0.1) is 6.26 Å². The molecule has 62 valence electrons. The van der Waals surface area contributed by atoms with Crippen molar-refractivity contribution in [2.24, 2.45) is 0 Å². The predicted molar refractivity (Wildman–Crippen MR) is 39.1 cm³/mol. The summed E-state index contributed by atoms with van der Waals surface area (Å²) in [5.74, 6) is 0. The van der Waals surface area contributed by atoms with E-state index in [-0.39, 0.29) is 0 Å². The van der Waals surface area contributed by atoms with Crippen molar-refractivity contribution in [3.05, 3.63) is 0 Å². The quantitative estimate of drug-likeness (QED) is 0.472. The monoisotopic (exact) mass is 167 g/mol. The van der Waals surface area contributed by atoms with Gasteiger partial charge in [-0.1, -0.05) is 0 Å². The third-order valence-corrected chi connectivity index (χ3v) is 1.68. The zero-order chi connectivity index (χ0) is 8.41. The first-order chi connectivity index (χ1) is 4.27. The van der Waals surface area contributed by atoms with Crippen LogP contribution in [0.4, 0.5) is 0 Å². The Morgan fingerprint density at radius 1 is 1.40 bits per heavy atom. The maximum Gasteiger partial charge on any atom is 0.266 e. The van der Waals surface area contributed by atoms with Crippen molar-refractivity contribution in [3.63, 3.8) is 0 Å². The largest absolute Gasteiger partial charge is 0.292 e. The Morgan fingerprint density at radius 3 is 1.90 bits per heavy atom. The van der Waals surface area contributed by atoms with Crippen LogP contribution >= 0.6 is 0 Å². The molecule has 0 aromatic heterocycles. The van der Waals surface area contributed by atoms with E-state index >= 15 is 0 Å². The van der Waals surface area contributed by atoms with E-state index in [1.807, 2.05) is 0 Å². The average molecular weight is 167 g/mol. The smallest absolute Gasteiger partial charge is 0.266 e. The molecule has 0 fully saturated rings. The standard InChI is InChI=1S/C5H13NO3S/c1-5(2,6-3)9-10(4,7)8/h6H,1-4H3. The van der Waals surface area contributed by atoms with E-state index < -0.39 is 15.8 Å². The molecule has 4 nitrogen and oxygen atoms in total. The molecule has 0 aromatic carbocycles. The maximum absolute atomic E-state index is 10.5. The molecule has 10 heavy (non-hydrogen) atoms. The molecule has 0 rings (SSSR count). The first kappa shape index (κ1) is 9.87. The second-order valence-corrected chi connectivity index (χ2v) is 4.12. The van der Waals surface area contributed by atoms with Gasteiger partial charge in [-0.3, -0.25) is 5.32 Å². The minimum Gasteiger partial charge on any atom is -0.292 e. The molecule has 0 aliphatic heterocycles. The molecule has 0 heterocycles. The summed E-state index contributed by atoms with van der Waals surface area (Å²) in [6, 6.07) is 0. The predicted octanol–water partition coefficient (Wildman–Crippen LogP) is -0.0819. The van der Waals surface area contributed by atoms with Gasteiger partial charge in [0.1, 0.15) is 5.72 Å². The van der Waals surface area contributed by atoms with Gasteiger partial charge >= 0.3 is 0 Å². The van der Waals surface area contributed by atoms with Crippen molar-refractivity contribution in [1.29, 1.82) is 0 Å². The Balaban J connectivity index is 4.16. The number of hydrogen-bond donors (Lipinski definition) is 1. The second-order valence-electron chi connectivity index (χ2n) is 2.55. The van der Waals surface area contributed by atoms with Crippen molar-refractivity contribution in [2.45, 2.75) is 19.6 Å². The highest BCUT2D eigenvalue weighted by molar-refractivity contribution is 7.86.